The van der Waals surface area contributed by atoms with Crippen molar-refractivity contribution < 1.29 is 28.6 Å². The first-order chi connectivity index (χ1) is 20.6. The van der Waals surface area contributed by atoms with Crippen molar-refractivity contribution >= 4 is 29.3 Å². The molecule has 3 atom stereocenters. The lowest BCUT2D eigenvalue weighted by atomic mass is 9.86. The third-order valence-electron chi connectivity index (χ3n) is 6.67. The van der Waals surface area contributed by atoms with Crippen LogP contribution in [0.1, 0.15) is 56.0 Å². The number of hydrogen-bond donors (Lipinski definition) is 2. The smallest absolute Gasteiger partial charge is 0.408 e. The number of thiazole rings is 1. The van der Waals surface area contributed by atoms with Crippen LogP contribution in [0.2, 0.25) is 0 Å². The molecule has 0 bridgehead atoms. The summed E-state index contributed by atoms with van der Waals surface area (Å²) >= 11 is 1.43. The number of carbonyl (C=O) groups excluding carboxylic acids is 3. The standard InChI is InChI=1S/C33H43N3O6S/c1-33(2,3)42-32(39)36-29(22-40-4)30(37)19-26(17-24-11-7-5-8-12-24)15-16-27(18-25-13-9-6-10-14-25)35-31(38)41-21-28-20-34-23-43-28/h5-14,20,23,26-27,29H,15-19,21-22H2,1-4H3,(H,35,38)(H,36,39)/t26-,27-,29+/m1/s1. The molecule has 2 aromatic carbocycles. The number of nitrogens with one attached hydrogen (secondary N) is 2. The summed E-state index contributed by atoms with van der Waals surface area (Å²) in [5.41, 5.74) is 3.21. The van der Waals surface area contributed by atoms with Crippen LogP contribution in [-0.2, 0) is 38.5 Å². The van der Waals surface area contributed by atoms with Crippen LogP contribution in [0.5, 0.6) is 0 Å². The van der Waals surface area contributed by atoms with Crippen LogP contribution in [0, 0.1) is 5.92 Å². The predicted octanol–water partition coefficient (Wildman–Crippen LogP) is 6.12. The number of aromatic nitrogens is 1. The molecule has 9 nitrogen and oxygen atoms in total. The molecule has 0 spiro atoms. The van der Waals surface area contributed by atoms with E-state index in [1.54, 1.807) is 32.5 Å². The number of ketones is 1. The maximum Gasteiger partial charge on any atom is 0.408 e. The molecule has 0 aliphatic heterocycles. The highest BCUT2D eigenvalue weighted by Gasteiger charge is 2.27. The molecule has 0 unspecified atom stereocenters. The molecular formula is C33H43N3O6S. The maximum absolute atomic E-state index is 13.5. The number of methoxy groups -OCH3 is 1. The lowest BCUT2D eigenvalue weighted by Gasteiger charge is -2.25. The van der Waals surface area contributed by atoms with Crippen LogP contribution in [0.25, 0.3) is 0 Å². The van der Waals surface area contributed by atoms with Gasteiger partial charge in [-0.3, -0.25) is 9.78 Å². The van der Waals surface area contributed by atoms with Crippen molar-refractivity contribution in [1.82, 2.24) is 15.6 Å². The first-order valence-corrected chi connectivity index (χ1v) is 15.4. The SMILES string of the molecule is COC[C@H](NC(=O)OC(C)(C)C)C(=O)C[C@H](CC[C@H](Cc1ccccc1)NC(=O)OCc1cncs1)Cc1ccccc1. The van der Waals surface area contributed by atoms with E-state index in [0.29, 0.717) is 25.7 Å². The van der Waals surface area contributed by atoms with Crippen molar-refractivity contribution in [2.75, 3.05) is 13.7 Å². The van der Waals surface area contributed by atoms with E-state index >= 15 is 0 Å². The topological polar surface area (TPSA) is 116 Å². The van der Waals surface area contributed by atoms with Gasteiger partial charge in [0, 0.05) is 25.8 Å². The number of nitrogens with zero attached hydrogens (tertiary/aromatic N) is 1. The van der Waals surface area contributed by atoms with Gasteiger partial charge in [-0.25, -0.2) is 9.59 Å². The second-order valence-electron chi connectivity index (χ2n) is 11.5. The fraction of sp³-hybridized carbons (Fsp3) is 0.455. The number of Topliss-reactive ketones (excluding diaryl/α,β-unsaturated/α-hetero) is 1. The normalized spacial score (nSPS) is 13.4. The fourth-order valence-electron chi connectivity index (χ4n) is 4.70. The molecule has 1 aromatic heterocycles. The van der Waals surface area contributed by atoms with Gasteiger partial charge in [0.05, 0.1) is 17.0 Å². The molecule has 2 N–H and O–H groups in total. The number of hydrogen-bond acceptors (Lipinski definition) is 8. The summed E-state index contributed by atoms with van der Waals surface area (Å²) in [4.78, 5) is 43.6. The second-order valence-corrected chi connectivity index (χ2v) is 12.5. The third kappa shape index (κ3) is 13.4. The average molecular weight is 610 g/mol. The first kappa shape index (κ1) is 33.7. The van der Waals surface area contributed by atoms with Crippen molar-refractivity contribution in [2.24, 2.45) is 5.92 Å². The largest absolute Gasteiger partial charge is 0.444 e. The highest BCUT2D eigenvalue weighted by atomic mass is 32.1. The number of carbonyl (C=O) groups is 3. The molecule has 3 aromatic rings. The Morgan fingerprint density at radius 1 is 0.884 bits per heavy atom. The molecule has 0 aliphatic carbocycles. The van der Waals surface area contributed by atoms with Gasteiger partial charge < -0.3 is 24.8 Å². The van der Waals surface area contributed by atoms with Crippen LogP contribution in [0.15, 0.2) is 72.4 Å². The molecule has 0 saturated carbocycles. The monoisotopic (exact) mass is 609 g/mol. The Morgan fingerprint density at radius 3 is 2.12 bits per heavy atom. The number of rotatable bonds is 16. The lowest BCUT2D eigenvalue weighted by Crippen LogP contribution is -2.46. The highest BCUT2D eigenvalue weighted by Crippen LogP contribution is 2.22. The Balaban J connectivity index is 1.71. The minimum atomic E-state index is -0.835. The van der Waals surface area contributed by atoms with Gasteiger partial charge in [-0.2, -0.15) is 0 Å². The molecule has 0 radical (unpaired) electrons. The number of benzene rings is 2. The van der Waals surface area contributed by atoms with Crippen molar-refractivity contribution in [3.05, 3.63) is 88.4 Å². The maximum atomic E-state index is 13.5. The molecule has 2 amide bonds. The number of ether oxygens (including phenoxy) is 3. The summed E-state index contributed by atoms with van der Waals surface area (Å²) in [6.45, 7) is 5.51. The van der Waals surface area contributed by atoms with E-state index in [2.05, 4.69) is 15.6 Å². The van der Waals surface area contributed by atoms with Crippen LogP contribution < -0.4 is 10.6 Å². The average Bonchev–Trinajstić information content (AvgIpc) is 3.48. The van der Waals surface area contributed by atoms with Gasteiger partial charge in [0.15, 0.2) is 5.78 Å². The zero-order valence-electron chi connectivity index (χ0n) is 25.4. The molecule has 10 heteroatoms. The summed E-state index contributed by atoms with van der Waals surface area (Å²) in [6.07, 6.45) is 3.34. The first-order valence-electron chi connectivity index (χ1n) is 14.5. The van der Waals surface area contributed by atoms with Gasteiger partial charge in [0.25, 0.3) is 0 Å². The van der Waals surface area contributed by atoms with Crippen LogP contribution in [0.3, 0.4) is 0 Å². The Labute approximate surface area is 258 Å². The molecule has 3 rings (SSSR count). The van der Waals surface area contributed by atoms with E-state index in [0.717, 1.165) is 16.0 Å². The highest BCUT2D eigenvalue weighted by molar-refractivity contribution is 7.09. The van der Waals surface area contributed by atoms with Crippen LogP contribution in [-0.4, -0.2) is 54.4 Å². The van der Waals surface area contributed by atoms with E-state index in [9.17, 15) is 14.4 Å². The fourth-order valence-corrected chi connectivity index (χ4v) is 5.21. The number of amides is 2. The Morgan fingerprint density at radius 2 is 1.53 bits per heavy atom. The minimum absolute atomic E-state index is 0.0389. The molecule has 43 heavy (non-hydrogen) atoms. The minimum Gasteiger partial charge on any atom is -0.444 e. The van der Waals surface area contributed by atoms with Gasteiger partial charge in [-0.1, -0.05) is 60.7 Å². The Kier molecular flexibility index (Phi) is 13.6. The van der Waals surface area contributed by atoms with Crippen molar-refractivity contribution in [1.29, 1.82) is 0 Å². The van der Waals surface area contributed by atoms with E-state index < -0.39 is 23.8 Å². The Hall–Kier alpha value is -3.76. The summed E-state index contributed by atoms with van der Waals surface area (Å²) in [6, 6.07) is 18.9. The van der Waals surface area contributed by atoms with E-state index in [-0.39, 0.29) is 37.4 Å². The number of alkyl carbamates (subject to hydrolysis) is 2. The van der Waals surface area contributed by atoms with Gasteiger partial charge in [-0.15, -0.1) is 11.3 Å². The zero-order chi connectivity index (χ0) is 31.1. The predicted molar refractivity (Wildman–Crippen MR) is 167 cm³/mol. The lowest BCUT2D eigenvalue weighted by molar-refractivity contribution is -0.123. The molecule has 1 heterocycles. The summed E-state index contributed by atoms with van der Waals surface area (Å²) in [7, 11) is 1.49. The van der Waals surface area contributed by atoms with Crippen molar-refractivity contribution in [3.8, 4) is 0 Å². The molecular weight excluding hydrogens is 566 g/mol. The van der Waals surface area contributed by atoms with Crippen molar-refractivity contribution in [3.63, 3.8) is 0 Å². The van der Waals surface area contributed by atoms with Gasteiger partial charge in [0.1, 0.15) is 18.2 Å². The van der Waals surface area contributed by atoms with Crippen LogP contribution in [0.4, 0.5) is 9.59 Å². The zero-order valence-corrected chi connectivity index (χ0v) is 26.2. The van der Waals surface area contributed by atoms with E-state index in [4.69, 9.17) is 14.2 Å². The van der Waals surface area contributed by atoms with E-state index in [1.165, 1.54) is 18.4 Å². The molecule has 0 aliphatic rings. The summed E-state index contributed by atoms with van der Waals surface area (Å²) in [5.74, 6) is -0.173. The molecule has 0 fully saturated rings. The summed E-state index contributed by atoms with van der Waals surface area (Å²) < 4.78 is 16.1. The van der Waals surface area contributed by atoms with Crippen molar-refractivity contribution in [2.45, 2.75) is 77.2 Å². The van der Waals surface area contributed by atoms with Gasteiger partial charge in [-0.05, 0) is 63.5 Å². The quantitative estimate of drug-likeness (QED) is 0.201. The third-order valence-corrected chi connectivity index (χ3v) is 7.42. The van der Waals surface area contributed by atoms with Gasteiger partial charge >= 0.3 is 12.2 Å². The van der Waals surface area contributed by atoms with Gasteiger partial charge in [0.2, 0.25) is 0 Å². The Bertz CT molecular complexity index is 1250. The molecule has 0 saturated heterocycles. The summed E-state index contributed by atoms with van der Waals surface area (Å²) in [5, 5.41) is 5.72. The molecule has 232 valence electrons. The van der Waals surface area contributed by atoms with E-state index in [1.807, 2.05) is 60.7 Å². The van der Waals surface area contributed by atoms with Crippen LogP contribution >= 0.6 is 11.3 Å². The second kappa shape index (κ2) is 17.4.